The number of benzene rings is 2. The van der Waals surface area contributed by atoms with Gasteiger partial charge in [0.1, 0.15) is 18.2 Å². The molecule has 1 fully saturated rings. The number of anilines is 1. The van der Waals surface area contributed by atoms with Crippen molar-refractivity contribution in [1.29, 1.82) is 0 Å². The highest BCUT2D eigenvalue weighted by Gasteiger charge is 2.36. The number of halogens is 2. The summed E-state index contributed by atoms with van der Waals surface area (Å²) in [5.41, 5.74) is 0.619. The van der Waals surface area contributed by atoms with Gasteiger partial charge < -0.3 is 10.1 Å². The normalized spacial score (nSPS) is 14.9. The Bertz CT molecular complexity index is 1070. The fraction of sp³-hybridized carbons (Fsp3) is 0.100. The summed E-state index contributed by atoms with van der Waals surface area (Å²) >= 11 is 0.648. The summed E-state index contributed by atoms with van der Waals surface area (Å²) in [6.45, 7) is -0.625. The number of amides is 3. The molecule has 30 heavy (non-hydrogen) atoms. The van der Waals surface area contributed by atoms with Crippen LogP contribution < -0.4 is 5.32 Å². The van der Waals surface area contributed by atoms with Gasteiger partial charge in [0.25, 0.3) is 11.1 Å². The number of rotatable bonds is 5. The van der Waals surface area contributed by atoms with Crippen LogP contribution in [0.2, 0.25) is 0 Å². The molecule has 1 N–H and O–H groups in total. The molecule has 0 spiro atoms. The van der Waals surface area contributed by atoms with Crippen LogP contribution in [0.1, 0.15) is 15.9 Å². The highest BCUT2D eigenvalue weighted by Crippen LogP contribution is 2.32. The number of thioether (sulfide) groups is 1. The number of nitrogens with zero attached hydrogens (tertiary/aromatic N) is 1. The third kappa shape index (κ3) is 4.71. The summed E-state index contributed by atoms with van der Waals surface area (Å²) in [7, 11) is 1.26. The van der Waals surface area contributed by atoms with Gasteiger partial charge in [-0.3, -0.25) is 19.3 Å². The second-order valence-electron chi connectivity index (χ2n) is 6.05. The van der Waals surface area contributed by atoms with E-state index in [1.807, 2.05) is 0 Å². The first-order chi connectivity index (χ1) is 14.3. The van der Waals surface area contributed by atoms with Crippen molar-refractivity contribution in [3.05, 3.63) is 70.1 Å². The number of imide groups is 1. The van der Waals surface area contributed by atoms with E-state index in [9.17, 15) is 28.0 Å². The molecule has 2 aromatic rings. The van der Waals surface area contributed by atoms with Crippen molar-refractivity contribution in [1.82, 2.24) is 4.90 Å². The average molecular weight is 432 g/mol. The maximum atomic E-state index is 13.6. The number of hydrogen-bond acceptors (Lipinski definition) is 6. The Labute approximate surface area is 173 Å². The molecule has 0 bridgehead atoms. The zero-order valence-corrected chi connectivity index (χ0v) is 16.3. The minimum atomic E-state index is -0.979. The monoisotopic (exact) mass is 432 g/mol. The van der Waals surface area contributed by atoms with Crippen LogP contribution in [0.4, 0.5) is 19.3 Å². The first-order valence-electron chi connectivity index (χ1n) is 8.47. The van der Waals surface area contributed by atoms with Crippen molar-refractivity contribution in [2.75, 3.05) is 19.0 Å². The van der Waals surface area contributed by atoms with Gasteiger partial charge in [-0.15, -0.1) is 0 Å². The number of hydrogen-bond donors (Lipinski definition) is 1. The van der Waals surface area contributed by atoms with E-state index in [0.29, 0.717) is 29.0 Å². The Hall–Kier alpha value is -3.53. The van der Waals surface area contributed by atoms with Gasteiger partial charge in [-0.05, 0) is 47.7 Å². The van der Waals surface area contributed by atoms with Crippen LogP contribution in [0.3, 0.4) is 0 Å². The quantitative estimate of drug-likeness (QED) is 0.575. The molecule has 10 heteroatoms. The van der Waals surface area contributed by atoms with E-state index < -0.39 is 41.2 Å². The van der Waals surface area contributed by atoms with Gasteiger partial charge in [-0.2, -0.15) is 0 Å². The smallest absolute Gasteiger partial charge is 0.337 e. The molecule has 0 aliphatic carbocycles. The molecule has 154 valence electrons. The van der Waals surface area contributed by atoms with Crippen LogP contribution in [0, 0.1) is 11.6 Å². The van der Waals surface area contributed by atoms with E-state index >= 15 is 0 Å². The largest absolute Gasteiger partial charge is 0.465 e. The van der Waals surface area contributed by atoms with Crippen LogP contribution in [0.15, 0.2) is 47.4 Å². The number of esters is 1. The van der Waals surface area contributed by atoms with Crippen LogP contribution in [-0.4, -0.2) is 41.6 Å². The summed E-state index contributed by atoms with van der Waals surface area (Å²) < 4.78 is 31.2. The third-order valence-electron chi connectivity index (χ3n) is 4.01. The second-order valence-corrected chi connectivity index (χ2v) is 7.05. The SMILES string of the molecule is COC(=O)c1ccc(/C=C2/SC(=O)N(CC(=O)Nc3ccc(F)cc3F)C2=O)cc1. The molecule has 1 aliphatic rings. The van der Waals surface area contributed by atoms with Crippen molar-refractivity contribution in [3.63, 3.8) is 0 Å². The first kappa shape index (κ1) is 21.2. The molecule has 0 aromatic heterocycles. The summed E-state index contributed by atoms with van der Waals surface area (Å²) in [5.74, 6) is -3.79. The molecule has 1 heterocycles. The summed E-state index contributed by atoms with van der Waals surface area (Å²) in [6, 6.07) is 8.76. The Morgan fingerprint density at radius 2 is 1.83 bits per heavy atom. The molecule has 3 rings (SSSR count). The van der Waals surface area contributed by atoms with E-state index in [4.69, 9.17) is 0 Å². The molecule has 1 saturated heterocycles. The lowest BCUT2D eigenvalue weighted by atomic mass is 10.1. The van der Waals surface area contributed by atoms with Crippen molar-refractivity contribution in [3.8, 4) is 0 Å². The molecule has 2 aromatic carbocycles. The van der Waals surface area contributed by atoms with Crippen LogP contribution >= 0.6 is 11.8 Å². The maximum Gasteiger partial charge on any atom is 0.337 e. The van der Waals surface area contributed by atoms with E-state index in [-0.39, 0.29) is 10.6 Å². The van der Waals surface area contributed by atoms with E-state index in [1.54, 1.807) is 12.1 Å². The first-order valence-corrected chi connectivity index (χ1v) is 9.29. The Kier molecular flexibility index (Phi) is 6.26. The lowest BCUT2D eigenvalue weighted by Crippen LogP contribution is -2.36. The number of carbonyl (C=O) groups excluding carboxylic acids is 4. The zero-order chi connectivity index (χ0) is 21.8. The molecule has 7 nitrogen and oxygen atoms in total. The fourth-order valence-electron chi connectivity index (χ4n) is 2.55. The highest BCUT2D eigenvalue weighted by atomic mass is 32.2. The van der Waals surface area contributed by atoms with Gasteiger partial charge in [0, 0.05) is 6.07 Å². The highest BCUT2D eigenvalue weighted by molar-refractivity contribution is 8.18. The van der Waals surface area contributed by atoms with Gasteiger partial charge in [0.2, 0.25) is 5.91 Å². The fourth-order valence-corrected chi connectivity index (χ4v) is 3.38. The lowest BCUT2D eigenvalue weighted by Gasteiger charge is -2.12. The van der Waals surface area contributed by atoms with Gasteiger partial charge in [-0.1, -0.05) is 12.1 Å². The van der Waals surface area contributed by atoms with Gasteiger partial charge in [0.15, 0.2) is 0 Å². The zero-order valence-electron chi connectivity index (χ0n) is 15.5. The van der Waals surface area contributed by atoms with Crippen LogP contribution in [0.25, 0.3) is 6.08 Å². The van der Waals surface area contributed by atoms with Crippen LogP contribution in [-0.2, 0) is 14.3 Å². The molecule has 0 saturated carbocycles. The number of methoxy groups -OCH3 is 1. The number of carbonyl (C=O) groups is 4. The standard InChI is InChI=1S/C20H14F2N2O5S/c1-29-19(27)12-4-2-11(3-5-12)8-16-18(26)24(20(28)30-16)10-17(25)23-15-7-6-13(21)9-14(15)22/h2-9H,10H2,1H3,(H,23,25)/b16-8+. The Morgan fingerprint density at radius 3 is 2.47 bits per heavy atom. The number of ether oxygens (including phenoxy) is 1. The third-order valence-corrected chi connectivity index (χ3v) is 4.92. The molecular formula is C20H14F2N2O5S. The predicted molar refractivity (Wildman–Crippen MR) is 105 cm³/mol. The molecule has 1 aliphatic heterocycles. The summed E-state index contributed by atoms with van der Waals surface area (Å²) in [6.07, 6.45) is 1.45. The van der Waals surface area contributed by atoms with Crippen molar-refractivity contribution in [2.24, 2.45) is 0 Å². The average Bonchev–Trinajstić information content (AvgIpc) is 2.97. The minimum absolute atomic E-state index is 0.0894. The topological polar surface area (TPSA) is 92.8 Å². The summed E-state index contributed by atoms with van der Waals surface area (Å²) in [5, 5.41) is 1.53. The van der Waals surface area contributed by atoms with Crippen LogP contribution in [0.5, 0.6) is 0 Å². The molecular weight excluding hydrogens is 418 g/mol. The van der Waals surface area contributed by atoms with Gasteiger partial charge >= 0.3 is 5.97 Å². The molecule has 0 atom stereocenters. The van der Waals surface area contributed by atoms with E-state index in [2.05, 4.69) is 10.1 Å². The summed E-state index contributed by atoms with van der Waals surface area (Å²) in [4.78, 5) is 49.0. The molecule has 0 radical (unpaired) electrons. The Balaban J connectivity index is 1.69. The van der Waals surface area contributed by atoms with Crippen molar-refractivity contribution < 1.29 is 32.7 Å². The maximum absolute atomic E-state index is 13.6. The van der Waals surface area contributed by atoms with E-state index in [1.165, 1.54) is 25.3 Å². The number of nitrogens with one attached hydrogen (secondary N) is 1. The molecule has 0 unspecified atom stereocenters. The molecule has 3 amide bonds. The van der Waals surface area contributed by atoms with Gasteiger partial charge in [-0.25, -0.2) is 13.6 Å². The van der Waals surface area contributed by atoms with Gasteiger partial charge in [0.05, 0.1) is 23.3 Å². The minimum Gasteiger partial charge on any atom is -0.465 e. The van der Waals surface area contributed by atoms with Crippen molar-refractivity contribution in [2.45, 2.75) is 0 Å². The van der Waals surface area contributed by atoms with Crippen molar-refractivity contribution >= 4 is 46.5 Å². The Morgan fingerprint density at radius 1 is 1.13 bits per heavy atom. The van der Waals surface area contributed by atoms with E-state index in [0.717, 1.165) is 17.0 Å². The predicted octanol–water partition coefficient (Wildman–Crippen LogP) is 3.43. The second kappa shape index (κ2) is 8.87. The lowest BCUT2D eigenvalue weighted by molar-refractivity contribution is -0.127.